The third kappa shape index (κ3) is 7.33. The molecule has 90 valence electrons. The Morgan fingerprint density at radius 2 is 2.00 bits per heavy atom. The van der Waals surface area contributed by atoms with Crippen molar-refractivity contribution in [3.63, 3.8) is 0 Å². The second-order valence-corrected chi connectivity index (χ2v) is 4.10. The molecule has 0 aromatic rings. The summed E-state index contributed by atoms with van der Waals surface area (Å²) in [5.41, 5.74) is 0. The highest BCUT2D eigenvalue weighted by Gasteiger charge is 2.20. The van der Waals surface area contributed by atoms with Gasteiger partial charge in [-0.1, -0.05) is 13.3 Å². The maximum Gasteiger partial charge on any atom is 0.306 e. The van der Waals surface area contributed by atoms with Crippen LogP contribution in [-0.2, 0) is 9.53 Å². The third-order valence-corrected chi connectivity index (χ3v) is 2.16. The monoisotopic (exact) mass is 218 g/mol. The van der Waals surface area contributed by atoms with Crippen molar-refractivity contribution >= 4 is 5.97 Å². The maximum absolute atomic E-state index is 10.8. The van der Waals surface area contributed by atoms with Gasteiger partial charge in [0.25, 0.3) is 0 Å². The molecular formula is C11H22O4. The minimum absolute atomic E-state index is 0.0640. The van der Waals surface area contributed by atoms with Gasteiger partial charge in [0.15, 0.2) is 0 Å². The Kier molecular flexibility index (Phi) is 7.34. The number of aliphatic hydroxyl groups excluding tert-OH is 1. The number of aliphatic hydroxyl groups is 1. The number of ether oxygens (including phenoxy) is 1. The van der Waals surface area contributed by atoms with Crippen LogP contribution < -0.4 is 0 Å². The van der Waals surface area contributed by atoms with Gasteiger partial charge < -0.3 is 14.9 Å². The van der Waals surface area contributed by atoms with Gasteiger partial charge in [-0.2, -0.15) is 0 Å². The van der Waals surface area contributed by atoms with Gasteiger partial charge in [0.1, 0.15) is 0 Å². The molecule has 4 nitrogen and oxygen atoms in total. The van der Waals surface area contributed by atoms with Crippen LogP contribution in [0, 0.1) is 5.92 Å². The fraction of sp³-hybridized carbons (Fsp3) is 0.909. The quantitative estimate of drug-likeness (QED) is 0.650. The lowest BCUT2D eigenvalue weighted by atomic mass is 9.97. The molecule has 0 amide bonds. The number of aliphatic carboxylic acids is 1. The third-order valence-electron chi connectivity index (χ3n) is 2.16. The standard InChI is InChI=1S/C11H22O4/c1-4-5-9(11(13)14)6-10(12)7-15-8(2)3/h8-10,12H,4-7H2,1-3H3,(H,13,14). The molecule has 0 saturated heterocycles. The topological polar surface area (TPSA) is 66.8 Å². The molecule has 0 aromatic carbocycles. The van der Waals surface area contributed by atoms with Gasteiger partial charge >= 0.3 is 5.97 Å². The number of carbonyl (C=O) groups is 1. The lowest BCUT2D eigenvalue weighted by molar-refractivity contribution is -0.143. The molecule has 2 N–H and O–H groups in total. The summed E-state index contributed by atoms with van der Waals surface area (Å²) < 4.78 is 5.22. The van der Waals surface area contributed by atoms with Gasteiger partial charge in [-0.25, -0.2) is 0 Å². The first-order valence-corrected chi connectivity index (χ1v) is 5.49. The Bertz CT molecular complexity index is 179. The molecule has 15 heavy (non-hydrogen) atoms. The van der Waals surface area contributed by atoms with E-state index in [0.29, 0.717) is 6.42 Å². The molecule has 0 aromatic heterocycles. The molecule has 0 heterocycles. The first kappa shape index (κ1) is 14.4. The lowest BCUT2D eigenvalue weighted by Crippen LogP contribution is -2.25. The fourth-order valence-corrected chi connectivity index (χ4v) is 1.39. The van der Waals surface area contributed by atoms with E-state index in [1.165, 1.54) is 0 Å². The highest BCUT2D eigenvalue weighted by atomic mass is 16.5. The van der Waals surface area contributed by atoms with Crippen LogP contribution in [0.1, 0.15) is 40.0 Å². The van der Waals surface area contributed by atoms with Gasteiger partial charge in [0.2, 0.25) is 0 Å². The molecule has 0 fully saturated rings. The van der Waals surface area contributed by atoms with E-state index in [0.717, 1.165) is 6.42 Å². The van der Waals surface area contributed by atoms with Crippen molar-refractivity contribution in [2.24, 2.45) is 5.92 Å². The Hall–Kier alpha value is -0.610. The van der Waals surface area contributed by atoms with Crippen molar-refractivity contribution in [2.45, 2.75) is 52.2 Å². The molecular weight excluding hydrogens is 196 g/mol. The average molecular weight is 218 g/mol. The number of rotatable bonds is 8. The Morgan fingerprint density at radius 3 is 2.40 bits per heavy atom. The summed E-state index contributed by atoms with van der Waals surface area (Å²) in [6.07, 6.45) is 1.08. The van der Waals surface area contributed by atoms with Crippen molar-refractivity contribution in [3.05, 3.63) is 0 Å². The van der Waals surface area contributed by atoms with Crippen LogP contribution in [0.5, 0.6) is 0 Å². The van der Waals surface area contributed by atoms with E-state index in [2.05, 4.69) is 0 Å². The Balaban J connectivity index is 3.88. The zero-order valence-corrected chi connectivity index (χ0v) is 9.77. The molecule has 0 spiro atoms. The fourth-order valence-electron chi connectivity index (χ4n) is 1.39. The molecule has 0 aliphatic heterocycles. The SMILES string of the molecule is CCCC(CC(O)COC(C)C)C(=O)O. The van der Waals surface area contributed by atoms with E-state index < -0.39 is 18.0 Å². The maximum atomic E-state index is 10.8. The van der Waals surface area contributed by atoms with Crippen LogP contribution in [0.15, 0.2) is 0 Å². The number of carboxylic acid groups (broad SMARTS) is 1. The summed E-state index contributed by atoms with van der Waals surface area (Å²) in [6.45, 7) is 5.92. The van der Waals surface area contributed by atoms with Gasteiger partial charge in [-0.05, 0) is 26.7 Å². The summed E-state index contributed by atoms with van der Waals surface area (Å²) in [4.78, 5) is 10.8. The highest BCUT2D eigenvalue weighted by molar-refractivity contribution is 5.69. The zero-order valence-electron chi connectivity index (χ0n) is 9.77. The largest absolute Gasteiger partial charge is 0.481 e. The molecule has 0 bridgehead atoms. The van der Waals surface area contributed by atoms with Crippen LogP contribution in [0.3, 0.4) is 0 Å². The molecule has 2 atom stereocenters. The number of hydrogen-bond donors (Lipinski definition) is 2. The molecule has 2 unspecified atom stereocenters. The van der Waals surface area contributed by atoms with Gasteiger partial charge in [-0.3, -0.25) is 4.79 Å². The predicted molar refractivity (Wildman–Crippen MR) is 57.7 cm³/mol. The Morgan fingerprint density at radius 1 is 1.40 bits per heavy atom. The first-order valence-electron chi connectivity index (χ1n) is 5.49. The second kappa shape index (κ2) is 7.65. The number of carboxylic acids is 1. The zero-order chi connectivity index (χ0) is 11.8. The summed E-state index contributed by atoms with van der Waals surface area (Å²) in [7, 11) is 0. The van der Waals surface area contributed by atoms with Crippen LogP contribution in [0.25, 0.3) is 0 Å². The van der Waals surface area contributed by atoms with Crippen molar-refractivity contribution in [1.82, 2.24) is 0 Å². The van der Waals surface area contributed by atoms with E-state index >= 15 is 0 Å². The molecule has 4 heteroatoms. The van der Waals surface area contributed by atoms with Gasteiger partial charge in [0.05, 0.1) is 24.7 Å². The van der Waals surface area contributed by atoms with E-state index in [1.54, 1.807) is 0 Å². The van der Waals surface area contributed by atoms with Crippen molar-refractivity contribution in [2.75, 3.05) is 6.61 Å². The molecule has 0 aliphatic rings. The van der Waals surface area contributed by atoms with E-state index in [-0.39, 0.29) is 19.1 Å². The predicted octanol–water partition coefficient (Wildman–Crippen LogP) is 1.66. The number of hydrogen-bond acceptors (Lipinski definition) is 3. The van der Waals surface area contributed by atoms with Crippen molar-refractivity contribution in [1.29, 1.82) is 0 Å². The van der Waals surface area contributed by atoms with Gasteiger partial charge in [-0.15, -0.1) is 0 Å². The van der Waals surface area contributed by atoms with Gasteiger partial charge in [0, 0.05) is 0 Å². The summed E-state index contributed by atoms with van der Waals surface area (Å²) in [5, 5.41) is 18.4. The van der Waals surface area contributed by atoms with E-state index in [4.69, 9.17) is 9.84 Å². The summed E-state index contributed by atoms with van der Waals surface area (Å²) >= 11 is 0. The van der Waals surface area contributed by atoms with Crippen LogP contribution in [0.4, 0.5) is 0 Å². The first-order chi connectivity index (χ1) is 6.97. The van der Waals surface area contributed by atoms with Crippen molar-refractivity contribution in [3.8, 4) is 0 Å². The lowest BCUT2D eigenvalue weighted by Gasteiger charge is -2.17. The normalized spacial score (nSPS) is 15.3. The summed E-state index contributed by atoms with van der Waals surface area (Å²) in [6, 6.07) is 0. The molecule has 0 radical (unpaired) electrons. The van der Waals surface area contributed by atoms with E-state index in [1.807, 2.05) is 20.8 Å². The van der Waals surface area contributed by atoms with Crippen LogP contribution in [-0.4, -0.2) is 35.0 Å². The Labute approximate surface area is 91.3 Å². The van der Waals surface area contributed by atoms with Crippen LogP contribution >= 0.6 is 0 Å². The molecule has 0 saturated carbocycles. The smallest absolute Gasteiger partial charge is 0.306 e. The minimum Gasteiger partial charge on any atom is -0.481 e. The second-order valence-electron chi connectivity index (χ2n) is 4.10. The average Bonchev–Trinajstić information content (AvgIpc) is 2.14. The molecule has 0 rings (SSSR count). The van der Waals surface area contributed by atoms with Crippen molar-refractivity contribution < 1.29 is 19.7 Å². The minimum atomic E-state index is -0.833. The van der Waals surface area contributed by atoms with Crippen LogP contribution in [0.2, 0.25) is 0 Å². The molecule has 0 aliphatic carbocycles. The highest BCUT2D eigenvalue weighted by Crippen LogP contribution is 2.14. The summed E-state index contributed by atoms with van der Waals surface area (Å²) in [5.74, 6) is -1.29. The van der Waals surface area contributed by atoms with E-state index in [9.17, 15) is 9.90 Å².